The molecule has 6 heteroatoms. The SMILES string of the molecule is CSCC(NC(=O)N1CCC2(CCc3ccccc32)CC1)C(=O)O. The lowest BCUT2D eigenvalue weighted by Crippen LogP contribution is -2.52. The van der Waals surface area contributed by atoms with Crippen LogP contribution in [0.25, 0.3) is 0 Å². The second kappa shape index (κ2) is 7.05. The smallest absolute Gasteiger partial charge is 0.327 e. The third kappa shape index (κ3) is 3.24. The number of nitrogens with one attached hydrogen (secondary N) is 1. The molecular weight excluding hydrogens is 324 g/mol. The van der Waals surface area contributed by atoms with E-state index in [0.29, 0.717) is 18.8 Å². The van der Waals surface area contributed by atoms with E-state index in [0.717, 1.165) is 25.7 Å². The van der Waals surface area contributed by atoms with Gasteiger partial charge in [0.05, 0.1) is 0 Å². The highest BCUT2D eigenvalue weighted by Gasteiger charge is 2.41. The minimum Gasteiger partial charge on any atom is -0.480 e. The van der Waals surface area contributed by atoms with E-state index in [1.54, 1.807) is 4.90 Å². The van der Waals surface area contributed by atoms with Crippen molar-refractivity contribution in [3.05, 3.63) is 35.4 Å². The zero-order valence-corrected chi connectivity index (χ0v) is 14.8. The van der Waals surface area contributed by atoms with E-state index in [4.69, 9.17) is 0 Å². The number of piperidine rings is 1. The molecule has 1 saturated heterocycles. The second-order valence-electron chi connectivity index (χ2n) is 6.72. The van der Waals surface area contributed by atoms with E-state index in [1.165, 1.54) is 22.9 Å². The summed E-state index contributed by atoms with van der Waals surface area (Å²) in [5.41, 5.74) is 3.11. The van der Waals surface area contributed by atoms with Gasteiger partial charge in [-0.2, -0.15) is 11.8 Å². The molecule has 0 radical (unpaired) electrons. The summed E-state index contributed by atoms with van der Waals surface area (Å²) in [6, 6.07) is 7.57. The molecule has 1 unspecified atom stereocenters. The standard InChI is InChI=1S/C18H24N2O3S/c1-24-12-15(16(21)22)19-17(23)20-10-8-18(9-11-20)7-6-13-4-2-3-5-14(13)18/h2-5,15H,6-12H2,1H3,(H,19,23)(H,21,22). The zero-order chi connectivity index (χ0) is 17.2. The summed E-state index contributed by atoms with van der Waals surface area (Å²) in [5.74, 6) is -0.595. The Morgan fingerprint density at radius 2 is 2.00 bits per heavy atom. The van der Waals surface area contributed by atoms with Crippen molar-refractivity contribution in [3.63, 3.8) is 0 Å². The lowest BCUT2D eigenvalue weighted by molar-refractivity contribution is -0.138. The maximum atomic E-state index is 12.4. The molecule has 2 amide bonds. The molecule has 1 spiro atoms. The minimum atomic E-state index is -0.976. The molecule has 3 rings (SSSR count). The fourth-order valence-electron chi connectivity index (χ4n) is 4.00. The number of nitrogens with zero attached hydrogens (tertiary/aromatic N) is 1. The predicted molar refractivity (Wildman–Crippen MR) is 95.6 cm³/mol. The summed E-state index contributed by atoms with van der Waals surface area (Å²) in [4.78, 5) is 25.3. The fraction of sp³-hybridized carbons (Fsp3) is 0.556. The molecule has 0 bridgehead atoms. The van der Waals surface area contributed by atoms with Crippen molar-refractivity contribution in [1.82, 2.24) is 10.2 Å². The van der Waals surface area contributed by atoms with E-state index in [2.05, 4.69) is 29.6 Å². The van der Waals surface area contributed by atoms with Crippen molar-refractivity contribution in [3.8, 4) is 0 Å². The Kier molecular flexibility index (Phi) is 5.04. The highest BCUT2D eigenvalue weighted by molar-refractivity contribution is 7.98. The molecule has 0 aromatic heterocycles. The van der Waals surface area contributed by atoms with Crippen LogP contribution in [0.1, 0.15) is 30.4 Å². The number of carboxylic acids is 1. The minimum absolute atomic E-state index is 0.207. The normalized spacial score (nSPS) is 19.8. The number of carbonyl (C=O) groups is 2. The number of thioether (sulfide) groups is 1. The third-order valence-corrected chi connectivity index (χ3v) is 6.07. The molecular formula is C18H24N2O3S. The first-order valence-electron chi connectivity index (χ1n) is 8.41. The van der Waals surface area contributed by atoms with Crippen molar-refractivity contribution < 1.29 is 14.7 Å². The van der Waals surface area contributed by atoms with Crippen LogP contribution in [0.3, 0.4) is 0 Å². The van der Waals surface area contributed by atoms with Crippen LogP contribution >= 0.6 is 11.8 Å². The van der Waals surface area contributed by atoms with Crippen LogP contribution in [0, 0.1) is 0 Å². The van der Waals surface area contributed by atoms with E-state index >= 15 is 0 Å². The van der Waals surface area contributed by atoms with Gasteiger partial charge >= 0.3 is 12.0 Å². The molecule has 1 atom stereocenters. The first-order chi connectivity index (χ1) is 11.6. The summed E-state index contributed by atoms with van der Waals surface area (Å²) < 4.78 is 0. The molecule has 2 N–H and O–H groups in total. The van der Waals surface area contributed by atoms with Gasteiger partial charge in [-0.1, -0.05) is 24.3 Å². The Morgan fingerprint density at radius 3 is 2.67 bits per heavy atom. The number of hydrogen-bond acceptors (Lipinski definition) is 3. The number of aliphatic carboxylic acids is 1. The summed E-state index contributed by atoms with van der Waals surface area (Å²) in [6.07, 6.45) is 6.03. The highest BCUT2D eigenvalue weighted by atomic mass is 32.2. The average Bonchev–Trinajstić information content (AvgIpc) is 2.94. The lowest BCUT2D eigenvalue weighted by atomic mass is 9.74. The van der Waals surface area contributed by atoms with Crippen LogP contribution in [-0.4, -0.2) is 53.1 Å². The Hall–Kier alpha value is -1.69. The van der Waals surface area contributed by atoms with Gasteiger partial charge in [-0.05, 0) is 48.5 Å². The number of carboxylic acid groups (broad SMARTS) is 1. The monoisotopic (exact) mass is 348 g/mol. The number of fused-ring (bicyclic) bond motifs is 2. The van der Waals surface area contributed by atoms with E-state index in [9.17, 15) is 14.7 Å². The van der Waals surface area contributed by atoms with Crippen LogP contribution in [0.5, 0.6) is 0 Å². The number of likely N-dealkylation sites (tertiary alicyclic amines) is 1. The molecule has 130 valence electrons. The van der Waals surface area contributed by atoms with Gasteiger partial charge in [-0.3, -0.25) is 0 Å². The van der Waals surface area contributed by atoms with Gasteiger partial charge < -0.3 is 15.3 Å². The summed E-state index contributed by atoms with van der Waals surface area (Å²) in [5, 5.41) is 11.8. The second-order valence-corrected chi connectivity index (χ2v) is 7.63. The molecule has 1 aliphatic carbocycles. The third-order valence-electron chi connectivity index (χ3n) is 5.40. The van der Waals surface area contributed by atoms with E-state index in [-0.39, 0.29) is 11.4 Å². The topological polar surface area (TPSA) is 69.6 Å². The molecule has 1 heterocycles. The van der Waals surface area contributed by atoms with Crippen molar-refractivity contribution in [2.45, 2.75) is 37.1 Å². The first-order valence-corrected chi connectivity index (χ1v) is 9.81. The van der Waals surface area contributed by atoms with Gasteiger partial charge in [-0.15, -0.1) is 0 Å². The fourth-order valence-corrected chi connectivity index (χ4v) is 4.56. The van der Waals surface area contributed by atoms with Crippen LogP contribution in [0.2, 0.25) is 0 Å². The molecule has 24 heavy (non-hydrogen) atoms. The maximum Gasteiger partial charge on any atom is 0.327 e. The van der Waals surface area contributed by atoms with Gasteiger partial charge in [-0.25, -0.2) is 9.59 Å². The average molecular weight is 348 g/mol. The van der Waals surface area contributed by atoms with Gasteiger partial charge in [0, 0.05) is 18.8 Å². The Bertz CT molecular complexity index is 626. The van der Waals surface area contributed by atoms with Crippen LogP contribution in [0.15, 0.2) is 24.3 Å². The molecule has 0 saturated carbocycles. The summed E-state index contributed by atoms with van der Waals surface area (Å²) in [7, 11) is 0. The number of benzene rings is 1. The van der Waals surface area contributed by atoms with E-state index in [1.807, 2.05) is 6.26 Å². The molecule has 5 nitrogen and oxygen atoms in total. The quantitative estimate of drug-likeness (QED) is 0.877. The zero-order valence-electron chi connectivity index (χ0n) is 14.0. The van der Waals surface area contributed by atoms with Crippen molar-refractivity contribution in [1.29, 1.82) is 0 Å². The molecule has 1 aromatic rings. The molecule has 1 aromatic carbocycles. The first kappa shape index (κ1) is 17.1. The molecule has 2 aliphatic rings. The number of urea groups is 1. The summed E-state index contributed by atoms with van der Waals surface area (Å²) in [6.45, 7) is 1.37. The van der Waals surface area contributed by atoms with Crippen LogP contribution < -0.4 is 5.32 Å². The largest absolute Gasteiger partial charge is 0.480 e. The van der Waals surface area contributed by atoms with Gasteiger partial charge in [0.25, 0.3) is 0 Å². The lowest BCUT2D eigenvalue weighted by Gasteiger charge is -2.40. The Labute approximate surface area is 146 Å². The van der Waals surface area contributed by atoms with E-state index < -0.39 is 12.0 Å². The predicted octanol–water partition coefficient (Wildman–Crippen LogP) is 2.49. The number of rotatable bonds is 4. The van der Waals surface area contributed by atoms with Gasteiger partial charge in [0.2, 0.25) is 0 Å². The van der Waals surface area contributed by atoms with Crippen LogP contribution in [0.4, 0.5) is 4.79 Å². The van der Waals surface area contributed by atoms with Crippen molar-refractivity contribution in [2.24, 2.45) is 0 Å². The van der Waals surface area contributed by atoms with Crippen LogP contribution in [-0.2, 0) is 16.6 Å². The highest BCUT2D eigenvalue weighted by Crippen LogP contribution is 2.46. The molecule has 1 fully saturated rings. The number of hydrogen-bond donors (Lipinski definition) is 2. The summed E-state index contributed by atoms with van der Waals surface area (Å²) >= 11 is 1.42. The Balaban J connectivity index is 1.61. The maximum absolute atomic E-state index is 12.4. The number of carbonyl (C=O) groups excluding carboxylic acids is 1. The van der Waals surface area contributed by atoms with Gasteiger partial charge in [0.15, 0.2) is 0 Å². The van der Waals surface area contributed by atoms with Crippen molar-refractivity contribution in [2.75, 3.05) is 25.1 Å². The Morgan fingerprint density at radius 1 is 1.29 bits per heavy atom. The van der Waals surface area contributed by atoms with Crippen molar-refractivity contribution >= 4 is 23.8 Å². The number of aryl methyl sites for hydroxylation is 1. The number of amides is 2. The molecule has 1 aliphatic heterocycles. The van der Waals surface area contributed by atoms with Gasteiger partial charge in [0.1, 0.15) is 6.04 Å².